The van der Waals surface area contributed by atoms with Gasteiger partial charge < -0.3 is 20.1 Å². The molecule has 1 atom stereocenters. The lowest BCUT2D eigenvalue weighted by molar-refractivity contribution is 0.0722. The van der Waals surface area contributed by atoms with E-state index in [1.54, 1.807) is 6.33 Å². The molecule has 0 aliphatic carbocycles. The van der Waals surface area contributed by atoms with Gasteiger partial charge >= 0.3 is 0 Å². The van der Waals surface area contributed by atoms with Crippen LogP contribution in [-0.2, 0) is 11.2 Å². The topological polar surface area (TPSA) is 70.5 Å². The third-order valence-electron chi connectivity index (χ3n) is 3.22. The number of aliphatic hydroxyl groups excluding tert-OH is 1. The Morgan fingerprint density at radius 2 is 2.39 bits per heavy atom. The van der Waals surface area contributed by atoms with Crippen LogP contribution in [0, 0.1) is 0 Å². The standard InChI is InChI=1S/C12H20N4O2/c1-3-10-11(13-2)14-8-15-12(10)16-4-5-18-7-9(16)6-17/h8-9,17H,3-7H2,1-2H3,(H,13,14,15). The fourth-order valence-corrected chi connectivity index (χ4v) is 2.28. The van der Waals surface area contributed by atoms with E-state index in [1.165, 1.54) is 0 Å². The maximum Gasteiger partial charge on any atom is 0.137 e. The normalized spacial score (nSPS) is 19.9. The first-order chi connectivity index (χ1) is 8.81. The number of nitrogens with one attached hydrogen (secondary N) is 1. The van der Waals surface area contributed by atoms with Crippen molar-refractivity contribution in [3.63, 3.8) is 0 Å². The van der Waals surface area contributed by atoms with E-state index in [-0.39, 0.29) is 12.6 Å². The van der Waals surface area contributed by atoms with Crippen LogP contribution in [0.15, 0.2) is 6.33 Å². The van der Waals surface area contributed by atoms with Gasteiger partial charge in [-0.2, -0.15) is 0 Å². The van der Waals surface area contributed by atoms with E-state index in [9.17, 15) is 5.11 Å². The molecule has 1 aromatic rings. The Labute approximate surface area is 107 Å². The van der Waals surface area contributed by atoms with Gasteiger partial charge in [-0.3, -0.25) is 0 Å². The number of ether oxygens (including phenoxy) is 1. The Balaban J connectivity index is 2.36. The van der Waals surface area contributed by atoms with Crippen molar-refractivity contribution in [3.05, 3.63) is 11.9 Å². The second kappa shape index (κ2) is 5.97. The molecule has 18 heavy (non-hydrogen) atoms. The smallest absolute Gasteiger partial charge is 0.137 e. The Bertz CT molecular complexity index is 400. The molecule has 2 N–H and O–H groups in total. The van der Waals surface area contributed by atoms with Gasteiger partial charge in [-0.25, -0.2) is 9.97 Å². The first-order valence-electron chi connectivity index (χ1n) is 6.28. The summed E-state index contributed by atoms with van der Waals surface area (Å²) in [6.45, 7) is 4.11. The molecule has 2 rings (SSSR count). The van der Waals surface area contributed by atoms with E-state index in [4.69, 9.17) is 4.74 Å². The number of aromatic nitrogens is 2. The Morgan fingerprint density at radius 1 is 1.56 bits per heavy atom. The van der Waals surface area contributed by atoms with E-state index in [1.807, 2.05) is 7.05 Å². The monoisotopic (exact) mass is 252 g/mol. The van der Waals surface area contributed by atoms with Gasteiger partial charge in [0.1, 0.15) is 18.0 Å². The predicted octanol–water partition coefficient (Wildman–Crippen LogP) is 0.278. The van der Waals surface area contributed by atoms with Gasteiger partial charge in [-0.05, 0) is 6.42 Å². The highest BCUT2D eigenvalue weighted by molar-refractivity contribution is 5.59. The Hall–Kier alpha value is -1.40. The van der Waals surface area contributed by atoms with Crippen molar-refractivity contribution < 1.29 is 9.84 Å². The molecular weight excluding hydrogens is 232 g/mol. The largest absolute Gasteiger partial charge is 0.394 e. The zero-order chi connectivity index (χ0) is 13.0. The Kier molecular flexibility index (Phi) is 4.33. The van der Waals surface area contributed by atoms with Crippen LogP contribution in [0.2, 0.25) is 0 Å². The van der Waals surface area contributed by atoms with Crippen molar-refractivity contribution in [2.24, 2.45) is 0 Å². The second-order valence-electron chi connectivity index (χ2n) is 4.23. The van der Waals surface area contributed by atoms with Gasteiger partial charge in [0.25, 0.3) is 0 Å². The number of hydrogen-bond donors (Lipinski definition) is 2. The molecule has 0 saturated carbocycles. The van der Waals surface area contributed by atoms with Gasteiger partial charge in [-0.1, -0.05) is 6.92 Å². The number of nitrogens with zero attached hydrogens (tertiary/aromatic N) is 3. The number of anilines is 2. The summed E-state index contributed by atoms with van der Waals surface area (Å²) in [5.41, 5.74) is 1.08. The summed E-state index contributed by atoms with van der Waals surface area (Å²) in [7, 11) is 1.86. The van der Waals surface area contributed by atoms with Crippen LogP contribution in [0.5, 0.6) is 0 Å². The highest BCUT2D eigenvalue weighted by Crippen LogP contribution is 2.26. The summed E-state index contributed by atoms with van der Waals surface area (Å²) >= 11 is 0. The van der Waals surface area contributed by atoms with Gasteiger partial charge in [0.15, 0.2) is 0 Å². The van der Waals surface area contributed by atoms with Crippen LogP contribution >= 0.6 is 0 Å². The first kappa shape index (κ1) is 13.0. The third-order valence-corrected chi connectivity index (χ3v) is 3.22. The fraction of sp³-hybridized carbons (Fsp3) is 0.667. The lowest BCUT2D eigenvalue weighted by Gasteiger charge is -2.36. The highest BCUT2D eigenvalue weighted by Gasteiger charge is 2.26. The lowest BCUT2D eigenvalue weighted by Crippen LogP contribution is -2.48. The van der Waals surface area contributed by atoms with Crippen LogP contribution in [0.3, 0.4) is 0 Å². The van der Waals surface area contributed by atoms with Gasteiger partial charge in [0, 0.05) is 19.2 Å². The molecule has 1 saturated heterocycles. The van der Waals surface area contributed by atoms with Gasteiger partial charge in [0.05, 0.1) is 25.9 Å². The molecule has 100 valence electrons. The summed E-state index contributed by atoms with van der Waals surface area (Å²) in [4.78, 5) is 10.7. The third kappa shape index (κ3) is 2.39. The maximum absolute atomic E-state index is 9.43. The summed E-state index contributed by atoms with van der Waals surface area (Å²) < 4.78 is 5.39. The molecule has 0 spiro atoms. The van der Waals surface area contributed by atoms with E-state index in [2.05, 4.69) is 27.1 Å². The van der Waals surface area contributed by atoms with Gasteiger partial charge in [-0.15, -0.1) is 0 Å². The van der Waals surface area contributed by atoms with Crippen molar-refractivity contribution in [3.8, 4) is 0 Å². The number of aliphatic hydroxyl groups is 1. The van der Waals surface area contributed by atoms with Gasteiger partial charge in [0.2, 0.25) is 0 Å². The maximum atomic E-state index is 9.43. The van der Waals surface area contributed by atoms with Crippen molar-refractivity contribution in [2.45, 2.75) is 19.4 Å². The predicted molar refractivity (Wildman–Crippen MR) is 70.0 cm³/mol. The van der Waals surface area contributed by atoms with E-state index in [0.29, 0.717) is 13.2 Å². The van der Waals surface area contributed by atoms with Crippen molar-refractivity contribution in [1.82, 2.24) is 9.97 Å². The van der Waals surface area contributed by atoms with Crippen LogP contribution in [-0.4, -0.2) is 54.5 Å². The molecule has 1 aliphatic heterocycles. The average molecular weight is 252 g/mol. The average Bonchev–Trinajstić information content (AvgIpc) is 2.46. The molecule has 6 nitrogen and oxygen atoms in total. The number of hydrogen-bond acceptors (Lipinski definition) is 6. The Morgan fingerprint density at radius 3 is 3.06 bits per heavy atom. The number of rotatable bonds is 4. The van der Waals surface area contributed by atoms with Crippen LogP contribution < -0.4 is 10.2 Å². The van der Waals surface area contributed by atoms with Crippen molar-refractivity contribution in [2.75, 3.05) is 43.6 Å². The molecule has 0 amide bonds. The molecule has 2 heterocycles. The molecule has 1 unspecified atom stereocenters. The molecule has 0 aromatic carbocycles. The summed E-state index contributed by atoms with van der Waals surface area (Å²) in [6, 6.07) is -0.0244. The van der Waals surface area contributed by atoms with E-state index in [0.717, 1.165) is 30.2 Å². The minimum Gasteiger partial charge on any atom is -0.394 e. The fourth-order valence-electron chi connectivity index (χ4n) is 2.28. The van der Waals surface area contributed by atoms with Crippen LogP contribution in [0.1, 0.15) is 12.5 Å². The van der Waals surface area contributed by atoms with Crippen molar-refractivity contribution >= 4 is 11.6 Å². The molecule has 6 heteroatoms. The van der Waals surface area contributed by atoms with Crippen LogP contribution in [0.25, 0.3) is 0 Å². The molecule has 1 aliphatic rings. The summed E-state index contributed by atoms with van der Waals surface area (Å²) in [6.07, 6.45) is 2.41. The quantitative estimate of drug-likeness (QED) is 0.802. The lowest BCUT2D eigenvalue weighted by atomic mass is 10.1. The van der Waals surface area contributed by atoms with E-state index >= 15 is 0 Å². The first-order valence-corrected chi connectivity index (χ1v) is 6.28. The summed E-state index contributed by atoms with van der Waals surface area (Å²) in [5.74, 6) is 1.75. The molecular formula is C12H20N4O2. The van der Waals surface area contributed by atoms with Crippen LogP contribution in [0.4, 0.5) is 11.6 Å². The zero-order valence-electron chi connectivity index (χ0n) is 10.9. The molecule has 1 fully saturated rings. The molecule has 1 aromatic heterocycles. The van der Waals surface area contributed by atoms with Crippen molar-refractivity contribution in [1.29, 1.82) is 0 Å². The second-order valence-corrected chi connectivity index (χ2v) is 4.23. The highest BCUT2D eigenvalue weighted by atomic mass is 16.5. The minimum absolute atomic E-state index is 0.0244. The zero-order valence-corrected chi connectivity index (χ0v) is 10.9. The van der Waals surface area contributed by atoms with E-state index < -0.39 is 0 Å². The number of morpholine rings is 1. The SMILES string of the molecule is CCc1c(NC)ncnc1N1CCOCC1CO. The molecule has 0 bridgehead atoms. The minimum atomic E-state index is -0.0244. The summed E-state index contributed by atoms with van der Waals surface area (Å²) in [5, 5.41) is 12.5. The molecule has 0 radical (unpaired) electrons.